The van der Waals surface area contributed by atoms with E-state index in [9.17, 15) is 22.3 Å². The van der Waals surface area contributed by atoms with Crippen LogP contribution in [0.1, 0.15) is 12.5 Å². The Balaban J connectivity index is 2.49. The molecule has 1 heterocycles. The molecule has 0 unspecified atom stereocenters. The highest BCUT2D eigenvalue weighted by atomic mass is 32.2. The number of halogens is 2. The Bertz CT molecular complexity index is 783. The average Bonchev–Trinajstić information content (AvgIpc) is 2.88. The molecule has 7 nitrogen and oxygen atoms in total. The molecule has 0 spiro atoms. The van der Waals surface area contributed by atoms with Gasteiger partial charge in [-0.25, -0.2) is 18.4 Å². The van der Waals surface area contributed by atoms with E-state index in [1.54, 1.807) is 0 Å². The van der Waals surface area contributed by atoms with Crippen LogP contribution in [-0.2, 0) is 26.4 Å². The van der Waals surface area contributed by atoms with Crippen LogP contribution in [0.5, 0.6) is 0 Å². The SMILES string of the molecule is C[C@H](OS(C)(=O)=O)[C@@](O)(Cn1cncn1)c1ccc(F)cc1F. The highest BCUT2D eigenvalue weighted by molar-refractivity contribution is 7.86. The van der Waals surface area contributed by atoms with Gasteiger partial charge in [-0.2, -0.15) is 13.5 Å². The van der Waals surface area contributed by atoms with Crippen molar-refractivity contribution in [3.8, 4) is 0 Å². The van der Waals surface area contributed by atoms with Gasteiger partial charge in [0.05, 0.1) is 12.8 Å². The maximum absolute atomic E-state index is 14.1. The minimum atomic E-state index is -3.92. The van der Waals surface area contributed by atoms with Gasteiger partial charge in [0, 0.05) is 11.6 Å². The maximum Gasteiger partial charge on any atom is 0.264 e. The van der Waals surface area contributed by atoms with Crippen molar-refractivity contribution in [2.75, 3.05) is 6.26 Å². The van der Waals surface area contributed by atoms with Crippen molar-refractivity contribution in [2.24, 2.45) is 0 Å². The Morgan fingerprint density at radius 3 is 2.65 bits per heavy atom. The van der Waals surface area contributed by atoms with Gasteiger partial charge in [-0.15, -0.1) is 0 Å². The Morgan fingerprint density at radius 1 is 1.43 bits per heavy atom. The van der Waals surface area contributed by atoms with Crippen LogP contribution in [0.15, 0.2) is 30.9 Å². The summed E-state index contributed by atoms with van der Waals surface area (Å²) in [6.07, 6.45) is 1.91. The molecule has 23 heavy (non-hydrogen) atoms. The average molecular weight is 347 g/mol. The highest BCUT2D eigenvalue weighted by Crippen LogP contribution is 2.32. The van der Waals surface area contributed by atoms with E-state index in [1.807, 2.05) is 0 Å². The van der Waals surface area contributed by atoms with Crippen molar-refractivity contribution in [1.82, 2.24) is 14.8 Å². The predicted octanol–water partition coefficient (Wildman–Crippen LogP) is 0.809. The van der Waals surface area contributed by atoms with Crippen molar-refractivity contribution >= 4 is 10.1 Å². The molecule has 0 radical (unpaired) electrons. The molecule has 2 atom stereocenters. The van der Waals surface area contributed by atoms with E-state index in [0.29, 0.717) is 6.07 Å². The lowest BCUT2D eigenvalue weighted by atomic mass is 9.88. The smallest absolute Gasteiger partial charge is 0.264 e. The van der Waals surface area contributed by atoms with Crippen molar-refractivity contribution in [1.29, 1.82) is 0 Å². The highest BCUT2D eigenvalue weighted by Gasteiger charge is 2.41. The van der Waals surface area contributed by atoms with E-state index in [0.717, 1.165) is 18.4 Å². The first-order chi connectivity index (χ1) is 10.6. The van der Waals surface area contributed by atoms with E-state index < -0.39 is 33.5 Å². The summed E-state index contributed by atoms with van der Waals surface area (Å²) in [7, 11) is -3.92. The lowest BCUT2D eigenvalue weighted by Gasteiger charge is -2.33. The van der Waals surface area contributed by atoms with E-state index in [1.165, 1.54) is 24.3 Å². The van der Waals surface area contributed by atoms with Crippen LogP contribution in [0.25, 0.3) is 0 Å². The first-order valence-corrected chi connectivity index (χ1v) is 8.32. The molecule has 0 bridgehead atoms. The topological polar surface area (TPSA) is 94.3 Å². The summed E-state index contributed by atoms with van der Waals surface area (Å²) in [6.45, 7) is 0.924. The van der Waals surface area contributed by atoms with Gasteiger partial charge in [0.2, 0.25) is 0 Å². The molecule has 0 fully saturated rings. The predicted molar refractivity (Wildman–Crippen MR) is 75.7 cm³/mol. The summed E-state index contributed by atoms with van der Waals surface area (Å²) in [6, 6.07) is 2.58. The van der Waals surface area contributed by atoms with Gasteiger partial charge in [-0.1, -0.05) is 6.07 Å². The van der Waals surface area contributed by atoms with Crippen LogP contribution >= 0.6 is 0 Å². The van der Waals surface area contributed by atoms with Gasteiger partial charge in [-0.05, 0) is 13.0 Å². The largest absolute Gasteiger partial charge is 0.380 e. The van der Waals surface area contributed by atoms with E-state index >= 15 is 0 Å². The number of aliphatic hydroxyl groups is 1. The first-order valence-electron chi connectivity index (χ1n) is 6.50. The lowest BCUT2D eigenvalue weighted by Crippen LogP contribution is -2.45. The fourth-order valence-electron chi connectivity index (χ4n) is 2.18. The normalized spacial score (nSPS) is 16.0. The van der Waals surface area contributed by atoms with Crippen LogP contribution in [0, 0.1) is 11.6 Å². The zero-order valence-electron chi connectivity index (χ0n) is 12.3. The summed E-state index contributed by atoms with van der Waals surface area (Å²) in [4.78, 5) is 3.70. The fraction of sp³-hybridized carbons (Fsp3) is 0.385. The van der Waals surface area contributed by atoms with E-state index in [-0.39, 0.29) is 12.1 Å². The first kappa shape index (κ1) is 17.4. The zero-order valence-corrected chi connectivity index (χ0v) is 13.2. The molecule has 0 aliphatic heterocycles. The molecule has 0 amide bonds. The standard InChI is InChI=1S/C13H15F2N3O4S/c1-9(22-23(2,20)21)13(19,6-18-8-16-7-17-18)11-4-3-10(14)5-12(11)15/h3-5,7-9,19H,6H2,1-2H3/t9-,13-/m0/s1. The number of rotatable bonds is 6. The Kier molecular flexibility index (Phi) is 4.78. The molecule has 1 N–H and O–H groups in total. The molecule has 2 aromatic rings. The zero-order chi connectivity index (χ0) is 17.3. The molecule has 1 aromatic carbocycles. The van der Waals surface area contributed by atoms with Crippen molar-refractivity contribution in [3.05, 3.63) is 48.1 Å². The summed E-state index contributed by atoms with van der Waals surface area (Å²) >= 11 is 0. The molecule has 126 valence electrons. The van der Waals surface area contributed by atoms with Gasteiger partial charge in [-0.3, -0.25) is 4.18 Å². The molecule has 0 saturated heterocycles. The van der Waals surface area contributed by atoms with E-state index in [4.69, 9.17) is 4.18 Å². The van der Waals surface area contributed by atoms with Crippen LogP contribution in [0.3, 0.4) is 0 Å². The summed E-state index contributed by atoms with van der Waals surface area (Å²) < 4.78 is 55.9. The Hall–Kier alpha value is -1.91. The lowest BCUT2D eigenvalue weighted by molar-refractivity contribution is -0.0734. The molecule has 0 saturated carbocycles. The second kappa shape index (κ2) is 6.30. The van der Waals surface area contributed by atoms with E-state index in [2.05, 4.69) is 10.1 Å². The van der Waals surface area contributed by atoms with Crippen molar-refractivity contribution in [3.63, 3.8) is 0 Å². The maximum atomic E-state index is 14.1. The van der Waals surface area contributed by atoms with Gasteiger partial charge < -0.3 is 5.11 Å². The summed E-state index contributed by atoms with van der Waals surface area (Å²) in [5, 5.41) is 14.7. The minimum Gasteiger partial charge on any atom is -0.380 e. The Labute approximate surface area is 131 Å². The van der Waals surface area contributed by atoms with Crippen molar-refractivity contribution < 1.29 is 26.5 Å². The molecule has 0 aliphatic rings. The summed E-state index contributed by atoms with van der Waals surface area (Å²) in [5.74, 6) is -1.86. The quantitative estimate of drug-likeness (QED) is 0.777. The van der Waals surface area contributed by atoms with Crippen molar-refractivity contribution in [2.45, 2.75) is 25.2 Å². The third-order valence-corrected chi connectivity index (χ3v) is 3.90. The molecular weight excluding hydrogens is 332 g/mol. The summed E-state index contributed by atoms with van der Waals surface area (Å²) in [5.41, 5.74) is -2.43. The Morgan fingerprint density at radius 2 is 2.13 bits per heavy atom. The number of hydrogen-bond donors (Lipinski definition) is 1. The third-order valence-electron chi connectivity index (χ3n) is 3.26. The fourth-order valence-corrected chi connectivity index (χ4v) is 2.86. The molecule has 1 aromatic heterocycles. The molecule has 10 heteroatoms. The molecular formula is C13H15F2N3O4S. The van der Waals surface area contributed by atoms with Crippen LogP contribution in [0.4, 0.5) is 8.78 Å². The molecule has 2 rings (SSSR count). The number of benzene rings is 1. The minimum absolute atomic E-state index is 0.314. The van der Waals surface area contributed by atoms with Crippen LogP contribution < -0.4 is 0 Å². The van der Waals surface area contributed by atoms with Crippen LogP contribution in [-0.4, -0.2) is 40.6 Å². The molecule has 0 aliphatic carbocycles. The second-order valence-corrected chi connectivity index (χ2v) is 6.68. The van der Waals surface area contributed by atoms with Crippen LogP contribution in [0.2, 0.25) is 0 Å². The van der Waals surface area contributed by atoms with Gasteiger partial charge in [0.25, 0.3) is 10.1 Å². The third kappa shape index (κ3) is 4.09. The number of aromatic nitrogens is 3. The van der Waals surface area contributed by atoms with Gasteiger partial charge in [0.1, 0.15) is 36.0 Å². The van der Waals surface area contributed by atoms with Gasteiger partial charge in [0.15, 0.2) is 0 Å². The number of nitrogens with zero attached hydrogens (tertiary/aromatic N) is 3. The number of hydrogen-bond acceptors (Lipinski definition) is 6. The monoisotopic (exact) mass is 347 g/mol. The second-order valence-electron chi connectivity index (χ2n) is 5.08. The van der Waals surface area contributed by atoms with Gasteiger partial charge >= 0.3 is 0 Å².